The summed E-state index contributed by atoms with van der Waals surface area (Å²) in [6, 6.07) is 10.0. The van der Waals surface area contributed by atoms with Crippen molar-refractivity contribution in [1.82, 2.24) is 30.0 Å². The zero-order valence-corrected chi connectivity index (χ0v) is 10.3. The summed E-state index contributed by atoms with van der Waals surface area (Å²) >= 11 is 0. The predicted octanol–water partition coefficient (Wildman–Crippen LogP) is 1.30. The van der Waals surface area contributed by atoms with Gasteiger partial charge in [0.05, 0.1) is 12.4 Å². The second kappa shape index (κ2) is 5.72. The summed E-state index contributed by atoms with van der Waals surface area (Å²) in [6.07, 6.45) is 5.31. The summed E-state index contributed by atoms with van der Waals surface area (Å²) in [5.74, 6) is 0. The lowest BCUT2D eigenvalue weighted by Gasteiger charge is -1.91. The third-order valence-corrected chi connectivity index (χ3v) is 2.21. The van der Waals surface area contributed by atoms with Crippen LogP contribution in [-0.2, 0) is 14.1 Å². The fourth-order valence-electron chi connectivity index (χ4n) is 1.36. The first-order valence-corrected chi connectivity index (χ1v) is 5.48. The number of hydrogen-bond acceptors (Lipinski definition) is 4. The first kappa shape index (κ1) is 12.0. The molecule has 0 aliphatic carbocycles. The van der Waals surface area contributed by atoms with Gasteiger partial charge in [0.15, 0.2) is 0 Å². The minimum atomic E-state index is 0.915. The zero-order chi connectivity index (χ0) is 12.8. The number of rotatable bonds is 1. The first-order chi connectivity index (χ1) is 8.75. The van der Waals surface area contributed by atoms with Crippen molar-refractivity contribution in [3.8, 4) is 11.3 Å². The average Bonchev–Trinajstić information content (AvgIpc) is 3.03. The molecular formula is C12H14N6. The van der Waals surface area contributed by atoms with Crippen molar-refractivity contribution in [3.63, 3.8) is 0 Å². The second-order valence-corrected chi connectivity index (χ2v) is 3.72. The van der Waals surface area contributed by atoms with E-state index in [0.29, 0.717) is 0 Å². The third kappa shape index (κ3) is 3.24. The highest BCUT2D eigenvalue weighted by molar-refractivity contribution is 5.56. The molecule has 0 aliphatic rings. The van der Waals surface area contributed by atoms with Gasteiger partial charge in [-0.25, -0.2) is 0 Å². The van der Waals surface area contributed by atoms with E-state index in [1.807, 2.05) is 50.6 Å². The molecule has 0 radical (unpaired) electrons. The minimum absolute atomic E-state index is 0.915. The molecule has 6 heteroatoms. The molecule has 6 nitrogen and oxygen atoms in total. The van der Waals surface area contributed by atoms with Gasteiger partial charge in [0.2, 0.25) is 0 Å². The van der Waals surface area contributed by atoms with Crippen LogP contribution >= 0.6 is 0 Å². The first-order valence-electron chi connectivity index (χ1n) is 5.48. The number of hydrogen-bond donors (Lipinski definition) is 0. The van der Waals surface area contributed by atoms with Gasteiger partial charge >= 0.3 is 0 Å². The van der Waals surface area contributed by atoms with Crippen molar-refractivity contribution in [1.29, 1.82) is 0 Å². The fraction of sp³-hybridized carbons (Fsp3) is 0.167. The van der Waals surface area contributed by atoms with E-state index in [9.17, 15) is 0 Å². The molecule has 0 saturated carbocycles. The maximum absolute atomic E-state index is 4.00. The molecule has 0 fully saturated rings. The summed E-state index contributed by atoms with van der Waals surface area (Å²) in [7, 11) is 3.69. The SMILES string of the molecule is Cn1cc(-c2ccccc2)nn1.Cn1ccnn1. The number of aromatic nitrogens is 6. The second-order valence-electron chi connectivity index (χ2n) is 3.72. The van der Waals surface area contributed by atoms with Gasteiger partial charge in [0, 0.05) is 25.9 Å². The van der Waals surface area contributed by atoms with Crippen LogP contribution in [0.15, 0.2) is 48.9 Å². The molecule has 3 rings (SSSR count). The Bertz CT molecular complexity index is 570. The Morgan fingerprint density at radius 2 is 1.72 bits per heavy atom. The highest BCUT2D eigenvalue weighted by Gasteiger charge is 1.99. The molecule has 0 atom stereocenters. The monoisotopic (exact) mass is 242 g/mol. The molecule has 0 amide bonds. The van der Waals surface area contributed by atoms with E-state index in [-0.39, 0.29) is 0 Å². The van der Waals surface area contributed by atoms with Crippen LogP contribution in [0.5, 0.6) is 0 Å². The summed E-state index contributed by atoms with van der Waals surface area (Å²) < 4.78 is 3.34. The Morgan fingerprint density at radius 1 is 0.944 bits per heavy atom. The molecule has 0 saturated heterocycles. The van der Waals surface area contributed by atoms with Crippen molar-refractivity contribution in [3.05, 3.63) is 48.9 Å². The normalized spacial score (nSPS) is 9.67. The van der Waals surface area contributed by atoms with Crippen molar-refractivity contribution in [2.24, 2.45) is 14.1 Å². The standard InChI is InChI=1S/C9H9N3.C3H5N3/c1-12-7-9(10-11-12)8-5-3-2-4-6-8;1-6-3-2-4-5-6/h2-7H,1H3;2-3H,1H3. The molecule has 92 valence electrons. The smallest absolute Gasteiger partial charge is 0.113 e. The van der Waals surface area contributed by atoms with Crippen LogP contribution in [0.2, 0.25) is 0 Å². The van der Waals surface area contributed by atoms with E-state index < -0.39 is 0 Å². The Balaban J connectivity index is 0.000000169. The lowest BCUT2D eigenvalue weighted by molar-refractivity contribution is 0.715. The molecule has 0 bridgehead atoms. The molecule has 0 unspecified atom stereocenters. The summed E-state index contributed by atoms with van der Waals surface area (Å²) in [5.41, 5.74) is 2.02. The van der Waals surface area contributed by atoms with Gasteiger partial charge in [0.1, 0.15) is 5.69 Å². The Morgan fingerprint density at radius 3 is 2.17 bits per heavy atom. The Kier molecular flexibility index (Phi) is 3.80. The molecule has 1 aromatic carbocycles. The quantitative estimate of drug-likeness (QED) is 0.645. The van der Waals surface area contributed by atoms with Crippen LogP contribution in [0.25, 0.3) is 11.3 Å². The lowest BCUT2D eigenvalue weighted by Crippen LogP contribution is -1.85. The molecular weight excluding hydrogens is 228 g/mol. The van der Waals surface area contributed by atoms with Crippen LogP contribution in [0.4, 0.5) is 0 Å². The molecule has 18 heavy (non-hydrogen) atoms. The van der Waals surface area contributed by atoms with Crippen molar-refractivity contribution in [2.45, 2.75) is 0 Å². The van der Waals surface area contributed by atoms with Gasteiger partial charge in [-0.15, -0.1) is 10.2 Å². The van der Waals surface area contributed by atoms with E-state index in [1.54, 1.807) is 21.8 Å². The highest BCUT2D eigenvalue weighted by atomic mass is 15.4. The van der Waals surface area contributed by atoms with Gasteiger partial charge in [-0.05, 0) is 0 Å². The molecule has 0 N–H and O–H groups in total. The van der Waals surface area contributed by atoms with Crippen molar-refractivity contribution >= 4 is 0 Å². The number of benzene rings is 1. The zero-order valence-electron chi connectivity index (χ0n) is 10.3. The summed E-state index contributed by atoms with van der Waals surface area (Å²) in [5, 5.41) is 15.0. The van der Waals surface area contributed by atoms with Crippen LogP contribution in [0, 0.1) is 0 Å². The van der Waals surface area contributed by atoms with E-state index in [0.717, 1.165) is 11.3 Å². The van der Waals surface area contributed by atoms with Gasteiger partial charge in [-0.2, -0.15) is 0 Å². The van der Waals surface area contributed by atoms with E-state index in [1.165, 1.54) is 0 Å². The average molecular weight is 242 g/mol. The Labute approximate surface area is 105 Å². The van der Waals surface area contributed by atoms with E-state index in [4.69, 9.17) is 0 Å². The molecule has 2 aromatic heterocycles. The summed E-state index contributed by atoms with van der Waals surface area (Å²) in [4.78, 5) is 0. The van der Waals surface area contributed by atoms with Crippen LogP contribution in [-0.4, -0.2) is 30.0 Å². The fourth-order valence-corrected chi connectivity index (χ4v) is 1.36. The van der Waals surface area contributed by atoms with Crippen LogP contribution < -0.4 is 0 Å². The highest BCUT2D eigenvalue weighted by Crippen LogP contribution is 2.13. The van der Waals surface area contributed by atoms with Gasteiger partial charge in [-0.3, -0.25) is 9.36 Å². The molecule has 0 aliphatic heterocycles. The third-order valence-electron chi connectivity index (χ3n) is 2.21. The maximum atomic E-state index is 4.00. The maximum Gasteiger partial charge on any atom is 0.113 e. The predicted molar refractivity (Wildman–Crippen MR) is 67.4 cm³/mol. The van der Waals surface area contributed by atoms with Gasteiger partial charge in [-0.1, -0.05) is 40.8 Å². The Hall–Kier alpha value is -2.50. The largest absolute Gasteiger partial charge is 0.256 e. The van der Waals surface area contributed by atoms with Crippen molar-refractivity contribution in [2.75, 3.05) is 0 Å². The summed E-state index contributed by atoms with van der Waals surface area (Å²) in [6.45, 7) is 0. The van der Waals surface area contributed by atoms with E-state index in [2.05, 4.69) is 20.6 Å². The molecule has 3 aromatic rings. The van der Waals surface area contributed by atoms with E-state index >= 15 is 0 Å². The van der Waals surface area contributed by atoms with Gasteiger partial charge in [0.25, 0.3) is 0 Å². The minimum Gasteiger partial charge on any atom is -0.256 e. The number of aryl methyl sites for hydroxylation is 2. The molecule has 2 heterocycles. The lowest BCUT2D eigenvalue weighted by atomic mass is 10.2. The topological polar surface area (TPSA) is 61.4 Å². The van der Waals surface area contributed by atoms with Crippen LogP contribution in [0.1, 0.15) is 0 Å². The molecule has 0 spiro atoms. The van der Waals surface area contributed by atoms with Gasteiger partial charge < -0.3 is 0 Å². The number of nitrogens with zero attached hydrogens (tertiary/aromatic N) is 6. The van der Waals surface area contributed by atoms with Crippen molar-refractivity contribution < 1.29 is 0 Å². The van der Waals surface area contributed by atoms with Crippen LogP contribution in [0.3, 0.4) is 0 Å².